The van der Waals surface area contributed by atoms with E-state index in [1.165, 1.54) is 0 Å². The van der Waals surface area contributed by atoms with Crippen molar-refractivity contribution in [1.29, 1.82) is 0 Å². The van der Waals surface area contributed by atoms with Crippen LogP contribution < -0.4 is 10.2 Å². The normalized spacial score (nSPS) is 10.7. The van der Waals surface area contributed by atoms with Crippen molar-refractivity contribution in [2.75, 3.05) is 0 Å². The highest BCUT2D eigenvalue weighted by molar-refractivity contribution is 5.96. The summed E-state index contributed by atoms with van der Waals surface area (Å²) < 4.78 is 5.80. The smallest absolute Gasteiger partial charge is 0.271 e. The first-order valence-electron chi connectivity index (χ1n) is 8.38. The molecule has 0 saturated heterocycles. The summed E-state index contributed by atoms with van der Waals surface area (Å²) >= 11 is 0. The van der Waals surface area contributed by atoms with Gasteiger partial charge in [0.05, 0.1) is 6.21 Å². The maximum atomic E-state index is 12.1. The molecule has 1 N–H and O–H groups in total. The van der Waals surface area contributed by atoms with Crippen LogP contribution in [0.2, 0.25) is 0 Å². The summed E-state index contributed by atoms with van der Waals surface area (Å²) in [5, 5.41) is 4.04. The van der Waals surface area contributed by atoms with Crippen LogP contribution >= 0.6 is 0 Å². The van der Waals surface area contributed by atoms with Crippen LogP contribution in [-0.4, -0.2) is 12.1 Å². The monoisotopic (exact) mass is 344 g/mol. The number of benzene rings is 3. The first-order valence-corrected chi connectivity index (χ1v) is 8.38. The van der Waals surface area contributed by atoms with Crippen LogP contribution in [0.1, 0.15) is 27.0 Å². The van der Waals surface area contributed by atoms with E-state index in [4.69, 9.17) is 4.74 Å². The highest BCUT2D eigenvalue weighted by Crippen LogP contribution is 2.14. The molecule has 26 heavy (non-hydrogen) atoms. The third-order valence-corrected chi connectivity index (χ3v) is 3.88. The second-order valence-corrected chi connectivity index (χ2v) is 5.86. The minimum Gasteiger partial charge on any atom is -0.489 e. The van der Waals surface area contributed by atoms with Crippen LogP contribution in [0.15, 0.2) is 84.0 Å². The van der Waals surface area contributed by atoms with Crippen molar-refractivity contribution in [1.82, 2.24) is 5.43 Å². The number of ether oxygens (including phenoxy) is 1. The lowest BCUT2D eigenvalue weighted by atomic mass is 10.1. The van der Waals surface area contributed by atoms with Crippen molar-refractivity contribution in [2.24, 2.45) is 5.10 Å². The molecule has 4 nitrogen and oxygen atoms in total. The number of hydrogen-bond acceptors (Lipinski definition) is 3. The van der Waals surface area contributed by atoms with Crippen molar-refractivity contribution < 1.29 is 9.53 Å². The molecule has 0 bridgehead atoms. The Bertz CT molecular complexity index is 905. The molecule has 0 radical (unpaired) electrons. The van der Waals surface area contributed by atoms with Gasteiger partial charge in [0.25, 0.3) is 5.91 Å². The Morgan fingerprint density at radius 3 is 2.58 bits per heavy atom. The topological polar surface area (TPSA) is 50.7 Å². The van der Waals surface area contributed by atoms with E-state index in [-0.39, 0.29) is 5.91 Å². The fraction of sp³-hybridized carbons (Fsp3) is 0.0909. The van der Waals surface area contributed by atoms with Gasteiger partial charge in [-0.25, -0.2) is 5.43 Å². The molecule has 3 aromatic rings. The van der Waals surface area contributed by atoms with E-state index in [0.717, 1.165) is 22.4 Å². The Kier molecular flexibility index (Phi) is 5.78. The molecular weight excluding hydrogens is 324 g/mol. The molecule has 130 valence electrons. The van der Waals surface area contributed by atoms with E-state index >= 15 is 0 Å². The first kappa shape index (κ1) is 17.4. The molecule has 0 aliphatic rings. The van der Waals surface area contributed by atoms with E-state index in [2.05, 4.69) is 10.5 Å². The average molecular weight is 344 g/mol. The van der Waals surface area contributed by atoms with Gasteiger partial charge in [0.1, 0.15) is 12.4 Å². The van der Waals surface area contributed by atoms with Crippen molar-refractivity contribution in [3.63, 3.8) is 0 Å². The predicted molar refractivity (Wildman–Crippen MR) is 103 cm³/mol. The molecule has 0 aliphatic carbocycles. The van der Waals surface area contributed by atoms with E-state index in [1.54, 1.807) is 12.3 Å². The van der Waals surface area contributed by atoms with Gasteiger partial charge in [-0.3, -0.25) is 4.79 Å². The molecule has 0 aromatic heterocycles. The van der Waals surface area contributed by atoms with E-state index in [0.29, 0.717) is 12.2 Å². The molecule has 4 heteroatoms. The van der Waals surface area contributed by atoms with Gasteiger partial charge in [0.2, 0.25) is 0 Å². The zero-order valence-electron chi connectivity index (χ0n) is 14.6. The van der Waals surface area contributed by atoms with Crippen molar-refractivity contribution in [3.05, 3.63) is 101 Å². The van der Waals surface area contributed by atoms with E-state index in [1.807, 2.05) is 79.7 Å². The minimum absolute atomic E-state index is 0.226. The van der Waals surface area contributed by atoms with Gasteiger partial charge in [-0.1, -0.05) is 60.7 Å². The van der Waals surface area contributed by atoms with Gasteiger partial charge >= 0.3 is 0 Å². The fourth-order valence-corrected chi connectivity index (χ4v) is 2.48. The lowest BCUT2D eigenvalue weighted by Gasteiger charge is -2.07. The highest BCUT2D eigenvalue weighted by Gasteiger charge is 2.06. The van der Waals surface area contributed by atoms with Crippen LogP contribution in [-0.2, 0) is 6.61 Å². The van der Waals surface area contributed by atoms with Gasteiger partial charge in [0.15, 0.2) is 0 Å². The minimum atomic E-state index is -0.226. The maximum absolute atomic E-state index is 12.1. The predicted octanol–water partition coefficient (Wildman–Crippen LogP) is 4.34. The summed E-state index contributed by atoms with van der Waals surface area (Å²) in [4.78, 5) is 12.1. The molecule has 0 unspecified atom stereocenters. The molecular formula is C22H20N2O2. The van der Waals surface area contributed by atoms with Gasteiger partial charge in [-0.2, -0.15) is 5.10 Å². The summed E-state index contributed by atoms with van der Waals surface area (Å²) in [7, 11) is 0. The molecule has 0 atom stereocenters. The van der Waals surface area contributed by atoms with Crippen LogP contribution in [0.25, 0.3) is 0 Å². The average Bonchev–Trinajstić information content (AvgIpc) is 2.68. The molecule has 0 spiro atoms. The van der Waals surface area contributed by atoms with Crippen LogP contribution in [0, 0.1) is 6.92 Å². The molecule has 3 aromatic carbocycles. The zero-order chi connectivity index (χ0) is 18.2. The number of nitrogens with zero attached hydrogens (tertiary/aromatic N) is 1. The summed E-state index contributed by atoms with van der Waals surface area (Å²) in [5.41, 5.74) is 6.04. The second kappa shape index (κ2) is 8.62. The van der Waals surface area contributed by atoms with Crippen molar-refractivity contribution in [2.45, 2.75) is 13.5 Å². The SMILES string of the molecule is Cc1ccccc1C(=O)N/N=C/c1cccc(OCc2ccccc2)c1. The number of nitrogens with one attached hydrogen (secondary N) is 1. The third kappa shape index (κ3) is 4.80. The quantitative estimate of drug-likeness (QED) is 0.534. The fourth-order valence-electron chi connectivity index (χ4n) is 2.48. The number of rotatable bonds is 6. The lowest BCUT2D eigenvalue weighted by molar-refractivity contribution is 0.0954. The summed E-state index contributed by atoms with van der Waals surface area (Å²) in [6.45, 7) is 2.40. The molecule has 0 fully saturated rings. The molecule has 3 rings (SSSR count). The number of carbonyl (C=O) groups excluding carboxylic acids is 1. The van der Waals surface area contributed by atoms with Crippen LogP contribution in [0.5, 0.6) is 5.75 Å². The Morgan fingerprint density at radius 1 is 1.00 bits per heavy atom. The zero-order valence-corrected chi connectivity index (χ0v) is 14.6. The molecule has 0 saturated carbocycles. The number of hydrazone groups is 1. The van der Waals surface area contributed by atoms with Crippen molar-refractivity contribution in [3.8, 4) is 5.75 Å². The molecule has 0 heterocycles. The highest BCUT2D eigenvalue weighted by atomic mass is 16.5. The Morgan fingerprint density at radius 2 is 1.77 bits per heavy atom. The Hall–Kier alpha value is -3.40. The van der Waals surface area contributed by atoms with Crippen molar-refractivity contribution >= 4 is 12.1 Å². The maximum Gasteiger partial charge on any atom is 0.271 e. The van der Waals surface area contributed by atoms with Gasteiger partial charge in [0, 0.05) is 5.56 Å². The number of carbonyl (C=O) groups is 1. The summed E-state index contributed by atoms with van der Waals surface area (Å²) in [6.07, 6.45) is 1.60. The number of amides is 1. The number of aryl methyl sites for hydroxylation is 1. The Balaban J connectivity index is 1.59. The molecule has 0 aliphatic heterocycles. The largest absolute Gasteiger partial charge is 0.489 e. The molecule has 1 amide bonds. The lowest BCUT2D eigenvalue weighted by Crippen LogP contribution is -2.18. The summed E-state index contributed by atoms with van der Waals surface area (Å²) in [5.74, 6) is 0.527. The standard InChI is InChI=1S/C22H20N2O2/c1-17-8-5-6-13-21(17)22(25)24-23-15-19-11-7-12-20(14-19)26-16-18-9-3-2-4-10-18/h2-15H,16H2,1H3,(H,24,25)/b23-15+. The van der Waals surface area contributed by atoms with Crippen LogP contribution in [0.3, 0.4) is 0 Å². The first-order chi connectivity index (χ1) is 12.7. The van der Waals surface area contributed by atoms with Gasteiger partial charge in [-0.05, 0) is 41.8 Å². The number of hydrogen-bond donors (Lipinski definition) is 1. The summed E-state index contributed by atoms with van der Waals surface area (Å²) in [6, 6.07) is 25.0. The third-order valence-electron chi connectivity index (χ3n) is 3.88. The Labute approximate surface area is 153 Å². The van der Waals surface area contributed by atoms with Crippen LogP contribution in [0.4, 0.5) is 0 Å². The van der Waals surface area contributed by atoms with Gasteiger partial charge < -0.3 is 4.74 Å². The van der Waals surface area contributed by atoms with Gasteiger partial charge in [-0.15, -0.1) is 0 Å². The van der Waals surface area contributed by atoms with E-state index < -0.39 is 0 Å². The second-order valence-electron chi connectivity index (χ2n) is 5.86. The van der Waals surface area contributed by atoms with E-state index in [9.17, 15) is 4.79 Å².